The lowest BCUT2D eigenvalue weighted by Gasteiger charge is -2.40. The molecule has 9 atom stereocenters. The highest BCUT2D eigenvalue weighted by atomic mass is 16.7. The fraction of sp³-hybridized carbons (Fsp3) is 0.921. The first-order chi connectivity index (χ1) is 36.2. The Bertz CT molecular complexity index is 1250. The molecule has 1 heterocycles. The molecule has 8 N–H and O–H groups in total. The number of rotatable bonds is 55. The number of hydrogen-bond donors (Lipinski definition) is 8. The van der Waals surface area contributed by atoms with Crippen molar-refractivity contribution in [3.05, 3.63) is 24.3 Å². The monoisotopic (exact) mass is 1050 g/mol. The predicted octanol–water partition coefficient (Wildman–Crippen LogP) is 14.1. The van der Waals surface area contributed by atoms with E-state index in [4.69, 9.17) is 9.47 Å². The third-order valence-electron chi connectivity index (χ3n) is 15.5. The molecule has 1 amide bonds. The third-order valence-corrected chi connectivity index (χ3v) is 15.5. The van der Waals surface area contributed by atoms with Gasteiger partial charge >= 0.3 is 0 Å². The Morgan fingerprint density at radius 2 is 0.797 bits per heavy atom. The molecule has 0 bridgehead atoms. The SMILES string of the molecule is CCCCCCCCCCCC/C=C/CCCC(O)C(O)C(COC1OC(CO)C(O)C(O)C1O)NC(=O)C(O)CCCCCCCCCCCCCCCCCC/C=C\CCCCCCCCCCCCCC. The fourth-order valence-electron chi connectivity index (χ4n) is 10.3. The summed E-state index contributed by atoms with van der Waals surface area (Å²) in [5.41, 5.74) is 0. The molecule has 0 radical (unpaired) electrons. The van der Waals surface area contributed by atoms with Gasteiger partial charge in [0.2, 0.25) is 5.91 Å². The van der Waals surface area contributed by atoms with Crippen LogP contribution >= 0.6 is 0 Å². The average Bonchev–Trinajstić information content (AvgIpc) is 3.40. The van der Waals surface area contributed by atoms with Gasteiger partial charge in [0.25, 0.3) is 0 Å². The van der Waals surface area contributed by atoms with Crippen molar-refractivity contribution in [2.45, 2.75) is 358 Å². The number of carbonyl (C=O) groups excluding carboxylic acids is 1. The molecule has 1 aliphatic rings. The van der Waals surface area contributed by atoms with Gasteiger partial charge in [-0.05, 0) is 64.2 Å². The summed E-state index contributed by atoms with van der Waals surface area (Å²) in [6, 6.07) is -1.18. The zero-order valence-corrected chi connectivity index (χ0v) is 48.1. The highest BCUT2D eigenvalue weighted by Crippen LogP contribution is 2.24. The first-order valence-electron chi connectivity index (χ1n) is 31.7. The van der Waals surface area contributed by atoms with Crippen LogP contribution in [0.4, 0.5) is 0 Å². The fourth-order valence-corrected chi connectivity index (χ4v) is 10.3. The molecule has 11 heteroatoms. The summed E-state index contributed by atoms with van der Waals surface area (Å²) >= 11 is 0. The Morgan fingerprint density at radius 1 is 0.459 bits per heavy atom. The van der Waals surface area contributed by atoms with Crippen LogP contribution in [0.5, 0.6) is 0 Å². The number of unbranched alkanes of at least 4 members (excludes halogenated alkanes) is 39. The molecule has 438 valence electrons. The van der Waals surface area contributed by atoms with Crippen LogP contribution < -0.4 is 5.32 Å². The van der Waals surface area contributed by atoms with Crippen molar-refractivity contribution in [1.82, 2.24) is 5.32 Å². The number of allylic oxidation sites excluding steroid dienone is 4. The molecule has 9 unspecified atom stereocenters. The van der Waals surface area contributed by atoms with E-state index in [0.717, 1.165) is 38.5 Å². The lowest BCUT2D eigenvalue weighted by Crippen LogP contribution is -2.60. The summed E-state index contributed by atoms with van der Waals surface area (Å²) < 4.78 is 11.1. The van der Waals surface area contributed by atoms with Crippen molar-refractivity contribution in [2.75, 3.05) is 13.2 Å². The minimum atomic E-state index is -1.67. The Morgan fingerprint density at radius 3 is 1.16 bits per heavy atom. The normalized spacial score (nSPS) is 19.9. The van der Waals surface area contributed by atoms with Crippen molar-refractivity contribution in [1.29, 1.82) is 0 Å². The third kappa shape index (κ3) is 39.9. The summed E-state index contributed by atoms with van der Waals surface area (Å²) in [4.78, 5) is 13.2. The summed E-state index contributed by atoms with van der Waals surface area (Å²) in [7, 11) is 0. The smallest absolute Gasteiger partial charge is 0.249 e. The zero-order chi connectivity index (χ0) is 54.0. The van der Waals surface area contributed by atoms with Crippen molar-refractivity contribution in [3.8, 4) is 0 Å². The minimum Gasteiger partial charge on any atom is -0.394 e. The molecule has 11 nitrogen and oxygen atoms in total. The molecule has 0 aromatic carbocycles. The van der Waals surface area contributed by atoms with Crippen LogP contribution in [0.2, 0.25) is 0 Å². The highest BCUT2D eigenvalue weighted by molar-refractivity contribution is 5.80. The van der Waals surface area contributed by atoms with Crippen LogP contribution in [0.1, 0.15) is 303 Å². The van der Waals surface area contributed by atoms with E-state index in [1.807, 2.05) is 0 Å². The van der Waals surface area contributed by atoms with Gasteiger partial charge in [0.05, 0.1) is 25.4 Å². The van der Waals surface area contributed by atoms with E-state index in [9.17, 15) is 40.5 Å². The van der Waals surface area contributed by atoms with E-state index >= 15 is 0 Å². The van der Waals surface area contributed by atoms with E-state index in [1.54, 1.807) is 0 Å². The summed E-state index contributed by atoms with van der Waals surface area (Å²) in [5, 5.41) is 76.1. The van der Waals surface area contributed by atoms with Gasteiger partial charge in [-0.1, -0.05) is 263 Å². The van der Waals surface area contributed by atoms with E-state index in [0.29, 0.717) is 12.8 Å². The number of nitrogens with one attached hydrogen (secondary N) is 1. The van der Waals surface area contributed by atoms with Crippen LogP contribution in [0, 0.1) is 0 Å². The number of carbonyl (C=O) groups is 1. The van der Waals surface area contributed by atoms with Gasteiger partial charge in [-0.3, -0.25) is 4.79 Å². The topological polar surface area (TPSA) is 189 Å². The zero-order valence-electron chi connectivity index (χ0n) is 48.1. The van der Waals surface area contributed by atoms with E-state index in [2.05, 4.69) is 43.5 Å². The molecule has 0 aromatic heterocycles. The summed E-state index contributed by atoms with van der Waals surface area (Å²) in [6.45, 7) is 3.47. The maximum Gasteiger partial charge on any atom is 0.249 e. The second-order valence-corrected chi connectivity index (χ2v) is 22.5. The average molecular weight is 1050 g/mol. The lowest BCUT2D eigenvalue weighted by molar-refractivity contribution is -0.303. The number of hydrogen-bond acceptors (Lipinski definition) is 10. The lowest BCUT2D eigenvalue weighted by atomic mass is 9.98. The van der Waals surface area contributed by atoms with Crippen LogP contribution in [-0.4, -0.2) is 110 Å². The molecule has 1 rings (SSSR count). The van der Waals surface area contributed by atoms with Gasteiger partial charge in [-0.25, -0.2) is 0 Å². The van der Waals surface area contributed by atoms with E-state index < -0.39 is 74.2 Å². The molecule has 0 spiro atoms. The van der Waals surface area contributed by atoms with Gasteiger partial charge < -0.3 is 50.5 Å². The second kappa shape index (κ2) is 52.3. The van der Waals surface area contributed by atoms with Gasteiger partial charge in [0.15, 0.2) is 6.29 Å². The minimum absolute atomic E-state index is 0.257. The second-order valence-electron chi connectivity index (χ2n) is 22.5. The van der Waals surface area contributed by atoms with Gasteiger partial charge in [-0.2, -0.15) is 0 Å². The highest BCUT2D eigenvalue weighted by Gasteiger charge is 2.44. The Balaban J connectivity index is 2.19. The van der Waals surface area contributed by atoms with E-state index in [-0.39, 0.29) is 12.8 Å². The summed E-state index contributed by atoms with van der Waals surface area (Å²) in [5.74, 6) is -0.702. The molecule has 0 aliphatic carbocycles. The molecule has 1 saturated heterocycles. The van der Waals surface area contributed by atoms with Crippen LogP contribution in [0.25, 0.3) is 0 Å². The number of ether oxygens (including phenoxy) is 2. The van der Waals surface area contributed by atoms with Crippen molar-refractivity contribution in [2.24, 2.45) is 0 Å². The first-order valence-corrected chi connectivity index (χ1v) is 31.7. The van der Waals surface area contributed by atoms with Crippen molar-refractivity contribution >= 4 is 5.91 Å². The quantitative estimate of drug-likeness (QED) is 0.0215. The van der Waals surface area contributed by atoms with Gasteiger partial charge in [0, 0.05) is 0 Å². The molecular formula is C63H121NO10. The van der Waals surface area contributed by atoms with Crippen molar-refractivity contribution in [3.63, 3.8) is 0 Å². The predicted molar refractivity (Wildman–Crippen MR) is 307 cm³/mol. The molecule has 1 fully saturated rings. The molecule has 74 heavy (non-hydrogen) atoms. The molecular weight excluding hydrogens is 931 g/mol. The molecule has 0 aromatic rings. The van der Waals surface area contributed by atoms with Crippen LogP contribution in [0.15, 0.2) is 24.3 Å². The number of aliphatic hydroxyl groups is 7. The van der Waals surface area contributed by atoms with Gasteiger partial charge in [0.1, 0.15) is 36.6 Å². The van der Waals surface area contributed by atoms with Gasteiger partial charge in [-0.15, -0.1) is 0 Å². The molecule has 0 saturated carbocycles. The first kappa shape index (κ1) is 70.6. The number of amides is 1. The van der Waals surface area contributed by atoms with Crippen molar-refractivity contribution < 1.29 is 50.0 Å². The maximum atomic E-state index is 13.2. The van der Waals surface area contributed by atoms with Crippen LogP contribution in [0.3, 0.4) is 0 Å². The Hall–Kier alpha value is -1.41. The Labute approximate surface area is 454 Å². The molecule has 1 aliphatic heterocycles. The van der Waals surface area contributed by atoms with Crippen LogP contribution in [-0.2, 0) is 14.3 Å². The summed E-state index contributed by atoms with van der Waals surface area (Å²) in [6.07, 6.45) is 52.6. The largest absolute Gasteiger partial charge is 0.394 e. The number of aliphatic hydroxyl groups excluding tert-OH is 7. The standard InChI is InChI=1S/C63H121NO10/c1-3-5-7-9-11-13-15-17-19-20-21-22-23-24-25-26-27-28-29-30-31-32-33-34-35-37-39-41-43-45-47-49-51-56(67)62(72)64-54(53-73-63-61(71)60(70)59(69)57(52-65)74-63)58(68)55(66)50-48-46-44-42-40-38-36-18-16-14-12-10-8-6-4-2/h24-25,42,44,54-61,63,65-71H,3-23,26-41,43,45-53H2,1-2H3,(H,64,72)/b25-24-,44-42+. The maximum absolute atomic E-state index is 13.2. The van der Waals surface area contributed by atoms with E-state index in [1.165, 1.54) is 225 Å². The Kier molecular flexibility index (Phi) is 49.9.